The van der Waals surface area contributed by atoms with Gasteiger partial charge in [0.15, 0.2) is 0 Å². The highest BCUT2D eigenvalue weighted by atomic mass is 16.5. The molecule has 13 heavy (non-hydrogen) atoms. The lowest BCUT2D eigenvalue weighted by atomic mass is 9.94. The van der Waals surface area contributed by atoms with Crippen molar-refractivity contribution in [3.05, 3.63) is 34.9 Å². The van der Waals surface area contributed by atoms with Crippen molar-refractivity contribution in [2.75, 3.05) is 0 Å². The summed E-state index contributed by atoms with van der Waals surface area (Å²) in [5, 5.41) is 8.75. The van der Waals surface area contributed by atoms with Crippen LogP contribution in [0.15, 0.2) is 18.2 Å². The molecule has 0 spiro atoms. The van der Waals surface area contributed by atoms with Gasteiger partial charge in [-0.05, 0) is 37.1 Å². The van der Waals surface area contributed by atoms with Crippen molar-refractivity contribution >= 4 is 0 Å². The van der Waals surface area contributed by atoms with Gasteiger partial charge in [-0.1, -0.05) is 6.07 Å². The van der Waals surface area contributed by atoms with Crippen LogP contribution >= 0.6 is 0 Å². The Bertz CT molecular complexity index is 388. The van der Waals surface area contributed by atoms with Crippen molar-refractivity contribution in [1.82, 2.24) is 0 Å². The lowest BCUT2D eigenvalue weighted by Gasteiger charge is -2.18. The number of hydrogen-bond acceptors (Lipinski definition) is 2. The predicted molar refractivity (Wildman–Crippen MR) is 49.0 cm³/mol. The predicted octanol–water partition coefficient (Wildman–Crippen LogP) is 2.32. The summed E-state index contributed by atoms with van der Waals surface area (Å²) in [5.41, 5.74) is 2.82. The Labute approximate surface area is 77.8 Å². The Kier molecular flexibility index (Phi) is 1.64. The maximum absolute atomic E-state index is 8.75. The normalized spacial score (nSPS) is 17.9. The average molecular weight is 173 g/mol. The van der Waals surface area contributed by atoms with E-state index < -0.39 is 0 Å². The molecule has 2 nitrogen and oxygen atoms in total. The van der Waals surface area contributed by atoms with Crippen molar-refractivity contribution in [2.45, 2.75) is 26.1 Å². The van der Waals surface area contributed by atoms with Gasteiger partial charge in [-0.15, -0.1) is 0 Å². The van der Waals surface area contributed by atoms with E-state index in [2.05, 4.69) is 6.07 Å². The van der Waals surface area contributed by atoms with E-state index in [1.165, 1.54) is 5.56 Å². The highest BCUT2D eigenvalue weighted by molar-refractivity contribution is 5.42. The first-order chi connectivity index (χ1) is 6.13. The maximum Gasteiger partial charge on any atom is 0.0991 e. The van der Waals surface area contributed by atoms with Crippen LogP contribution in [0.25, 0.3) is 0 Å². The Morgan fingerprint density at radius 1 is 1.46 bits per heavy atom. The van der Waals surface area contributed by atoms with Gasteiger partial charge in [0, 0.05) is 0 Å². The van der Waals surface area contributed by atoms with Crippen LogP contribution < -0.4 is 0 Å². The molecule has 0 bridgehead atoms. The molecule has 0 saturated carbocycles. The maximum atomic E-state index is 8.75. The molecule has 0 amide bonds. The molecule has 1 heterocycles. The molecule has 2 heteroatoms. The Balaban J connectivity index is 2.57. The zero-order valence-electron chi connectivity index (χ0n) is 7.79. The SMILES string of the molecule is CC1(C)OCc2ccc(C#N)cc21. The van der Waals surface area contributed by atoms with Gasteiger partial charge in [0.05, 0.1) is 23.8 Å². The second-order valence-corrected chi connectivity index (χ2v) is 3.78. The van der Waals surface area contributed by atoms with E-state index in [1.807, 2.05) is 32.0 Å². The van der Waals surface area contributed by atoms with Crippen LogP contribution in [0.4, 0.5) is 0 Å². The lowest BCUT2D eigenvalue weighted by Crippen LogP contribution is -2.14. The number of fused-ring (bicyclic) bond motifs is 1. The Morgan fingerprint density at radius 2 is 2.23 bits per heavy atom. The van der Waals surface area contributed by atoms with E-state index in [0.717, 1.165) is 5.56 Å². The van der Waals surface area contributed by atoms with Crippen LogP contribution in [0.5, 0.6) is 0 Å². The molecular weight excluding hydrogens is 162 g/mol. The van der Waals surface area contributed by atoms with Gasteiger partial charge in [-0.3, -0.25) is 0 Å². The third-order valence-corrected chi connectivity index (χ3v) is 2.48. The smallest absolute Gasteiger partial charge is 0.0991 e. The topological polar surface area (TPSA) is 33.0 Å². The molecule has 1 aromatic carbocycles. The molecule has 1 aliphatic rings. The second kappa shape index (κ2) is 2.58. The number of nitrogens with zero attached hydrogens (tertiary/aromatic N) is 1. The highest BCUT2D eigenvalue weighted by Gasteiger charge is 2.30. The summed E-state index contributed by atoms with van der Waals surface area (Å²) in [6.07, 6.45) is 0. The van der Waals surface area contributed by atoms with E-state index in [-0.39, 0.29) is 5.60 Å². The van der Waals surface area contributed by atoms with Gasteiger partial charge < -0.3 is 4.74 Å². The Morgan fingerprint density at radius 3 is 2.92 bits per heavy atom. The number of ether oxygens (including phenoxy) is 1. The Hall–Kier alpha value is -1.33. The third-order valence-electron chi connectivity index (χ3n) is 2.48. The third kappa shape index (κ3) is 1.22. The summed E-state index contributed by atoms with van der Waals surface area (Å²) in [6.45, 7) is 4.72. The summed E-state index contributed by atoms with van der Waals surface area (Å²) in [6, 6.07) is 7.87. The van der Waals surface area contributed by atoms with Crippen LogP contribution in [0.1, 0.15) is 30.5 Å². The van der Waals surface area contributed by atoms with Gasteiger partial charge in [0.2, 0.25) is 0 Å². The summed E-state index contributed by atoms with van der Waals surface area (Å²) in [7, 11) is 0. The molecule has 0 aromatic heterocycles. The zero-order valence-corrected chi connectivity index (χ0v) is 7.79. The van der Waals surface area contributed by atoms with Crippen LogP contribution in [0.2, 0.25) is 0 Å². The standard InChI is InChI=1S/C11H11NO/c1-11(2)10-5-8(6-12)3-4-9(10)7-13-11/h3-5H,7H2,1-2H3. The van der Waals surface area contributed by atoms with Gasteiger partial charge in [0.25, 0.3) is 0 Å². The number of benzene rings is 1. The molecule has 0 fully saturated rings. The van der Waals surface area contributed by atoms with Crippen molar-refractivity contribution in [1.29, 1.82) is 5.26 Å². The minimum absolute atomic E-state index is 0.234. The molecule has 66 valence electrons. The fourth-order valence-corrected chi connectivity index (χ4v) is 1.67. The fourth-order valence-electron chi connectivity index (χ4n) is 1.67. The van der Waals surface area contributed by atoms with E-state index >= 15 is 0 Å². The van der Waals surface area contributed by atoms with E-state index in [1.54, 1.807) is 0 Å². The van der Waals surface area contributed by atoms with Crippen LogP contribution in [-0.4, -0.2) is 0 Å². The van der Waals surface area contributed by atoms with Gasteiger partial charge in [-0.25, -0.2) is 0 Å². The zero-order chi connectivity index (χ0) is 9.47. The van der Waals surface area contributed by atoms with Crippen LogP contribution in [0, 0.1) is 11.3 Å². The first kappa shape index (κ1) is 8.28. The summed E-state index contributed by atoms with van der Waals surface area (Å²) in [5.74, 6) is 0. The summed E-state index contributed by atoms with van der Waals surface area (Å²) >= 11 is 0. The minimum atomic E-state index is -0.234. The molecular formula is C11H11NO. The molecule has 0 aliphatic carbocycles. The van der Waals surface area contributed by atoms with Crippen LogP contribution in [0.3, 0.4) is 0 Å². The van der Waals surface area contributed by atoms with E-state index in [9.17, 15) is 0 Å². The number of rotatable bonds is 0. The number of hydrogen-bond donors (Lipinski definition) is 0. The molecule has 0 atom stereocenters. The van der Waals surface area contributed by atoms with E-state index in [4.69, 9.17) is 10.00 Å². The first-order valence-electron chi connectivity index (χ1n) is 4.31. The molecule has 0 unspecified atom stereocenters. The second-order valence-electron chi connectivity index (χ2n) is 3.78. The quantitative estimate of drug-likeness (QED) is 0.603. The molecule has 0 saturated heterocycles. The van der Waals surface area contributed by atoms with Gasteiger partial charge in [0.1, 0.15) is 0 Å². The summed E-state index contributed by atoms with van der Waals surface area (Å²) < 4.78 is 5.60. The van der Waals surface area contributed by atoms with Crippen molar-refractivity contribution in [3.63, 3.8) is 0 Å². The average Bonchev–Trinajstić information content (AvgIpc) is 2.42. The lowest BCUT2D eigenvalue weighted by molar-refractivity contribution is -0.00789. The van der Waals surface area contributed by atoms with E-state index in [0.29, 0.717) is 12.2 Å². The van der Waals surface area contributed by atoms with Crippen molar-refractivity contribution in [2.24, 2.45) is 0 Å². The molecule has 0 radical (unpaired) electrons. The molecule has 1 aromatic rings. The molecule has 1 aliphatic heterocycles. The van der Waals surface area contributed by atoms with Crippen molar-refractivity contribution < 1.29 is 4.74 Å². The fraction of sp³-hybridized carbons (Fsp3) is 0.364. The monoisotopic (exact) mass is 173 g/mol. The van der Waals surface area contributed by atoms with Gasteiger partial charge in [-0.2, -0.15) is 5.26 Å². The number of nitriles is 1. The molecule has 2 rings (SSSR count). The largest absolute Gasteiger partial charge is 0.366 e. The molecule has 0 N–H and O–H groups in total. The minimum Gasteiger partial charge on any atom is -0.366 e. The van der Waals surface area contributed by atoms with Crippen molar-refractivity contribution in [3.8, 4) is 6.07 Å². The van der Waals surface area contributed by atoms with Crippen LogP contribution in [-0.2, 0) is 16.9 Å². The first-order valence-corrected chi connectivity index (χ1v) is 4.31. The van der Waals surface area contributed by atoms with Gasteiger partial charge >= 0.3 is 0 Å². The summed E-state index contributed by atoms with van der Waals surface area (Å²) in [4.78, 5) is 0. The highest BCUT2D eigenvalue weighted by Crippen LogP contribution is 2.35.